The maximum atomic E-state index is 12.1. The molecule has 0 aliphatic heterocycles. The molecule has 0 amide bonds. The van der Waals surface area contributed by atoms with Crippen LogP contribution in [0.2, 0.25) is 0 Å². The van der Waals surface area contributed by atoms with Crippen molar-refractivity contribution in [1.29, 1.82) is 0 Å². The van der Waals surface area contributed by atoms with E-state index < -0.39 is 5.97 Å². The first kappa shape index (κ1) is 14.9. The molecule has 0 N–H and O–H groups in total. The molecule has 0 spiro atoms. The van der Waals surface area contributed by atoms with E-state index in [4.69, 9.17) is 4.74 Å². The van der Waals surface area contributed by atoms with Gasteiger partial charge in [0.1, 0.15) is 0 Å². The summed E-state index contributed by atoms with van der Waals surface area (Å²) >= 11 is 0. The second kappa shape index (κ2) is 6.83. The fourth-order valence-corrected chi connectivity index (χ4v) is 2.28. The van der Waals surface area contributed by atoms with E-state index in [1.54, 1.807) is 23.9 Å². The maximum Gasteiger partial charge on any atom is 0.376 e. The highest BCUT2D eigenvalue weighted by atomic mass is 16.5. The van der Waals surface area contributed by atoms with Crippen molar-refractivity contribution in [3.63, 3.8) is 0 Å². The quantitative estimate of drug-likeness (QED) is 0.678. The van der Waals surface area contributed by atoms with Gasteiger partial charge in [0.05, 0.1) is 13.2 Å². The molecule has 0 radical (unpaired) electrons. The fourth-order valence-electron chi connectivity index (χ4n) is 2.28. The zero-order chi connectivity index (χ0) is 16.1. The predicted octanol–water partition coefficient (Wildman–Crippen LogP) is 2.57. The molecule has 6 nitrogen and oxygen atoms in total. The number of aromatic nitrogens is 4. The number of ether oxygens (including phenoxy) is 1. The molecule has 2 heterocycles. The third kappa shape index (κ3) is 3.26. The van der Waals surface area contributed by atoms with E-state index in [1.165, 1.54) is 0 Å². The minimum absolute atomic E-state index is 0.197. The van der Waals surface area contributed by atoms with Gasteiger partial charge >= 0.3 is 5.97 Å². The fraction of sp³-hybridized carbons (Fsp3) is 0.176. The Bertz CT molecular complexity index is 785. The molecule has 3 rings (SSSR count). The molecule has 2 aromatic heterocycles. The molecule has 0 bridgehead atoms. The van der Waals surface area contributed by atoms with Crippen molar-refractivity contribution in [2.75, 3.05) is 6.61 Å². The van der Waals surface area contributed by atoms with Crippen LogP contribution in [0.5, 0.6) is 0 Å². The highest BCUT2D eigenvalue weighted by Gasteiger charge is 2.20. The summed E-state index contributed by atoms with van der Waals surface area (Å²) in [5.41, 5.74) is 1.90. The summed E-state index contributed by atoms with van der Waals surface area (Å²) in [5.74, 6) is 0.332. The first-order chi connectivity index (χ1) is 11.3. The molecule has 0 aliphatic carbocycles. The summed E-state index contributed by atoms with van der Waals surface area (Å²) in [4.78, 5) is 16.1. The number of pyridine rings is 1. The summed E-state index contributed by atoms with van der Waals surface area (Å²) in [6.07, 6.45) is 3.36. The van der Waals surface area contributed by atoms with Crippen LogP contribution in [-0.2, 0) is 11.3 Å². The lowest BCUT2D eigenvalue weighted by atomic mass is 10.2. The second-order valence-electron chi connectivity index (χ2n) is 4.88. The van der Waals surface area contributed by atoms with E-state index in [2.05, 4.69) is 15.2 Å². The zero-order valence-electron chi connectivity index (χ0n) is 12.7. The van der Waals surface area contributed by atoms with Gasteiger partial charge in [0.15, 0.2) is 5.82 Å². The summed E-state index contributed by atoms with van der Waals surface area (Å²) in [5, 5.41) is 8.20. The summed E-state index contributed by atoms with van der Waals surface area (Å²) in [6, 6.07) is 13.5. The Hall–Kier alpha value is -3.02. The number of rotatable bonds is 5. The van der Waals surface area contributed by atoms with Gasteiger partial charge in [0.2, 0.25) is 5.82 Å². The Morgan fingerprint density at radius 2 is 1.83 bits per heavy atom. The molecule has 0 aliphatic rings. The van der Waals surface area contributed by atoms with Crippen molar-refractivity contribution < 1.29 is 9.53 Å². The number of benzene rings is 1. The van der Waals surface area contributed by atoms with Gasteiger partial charge in [-0.25, -0.2) is 4.79 Å². The number of nitrogens with zero attached hydrogens (tertiary/aromatic N) is 4. The van der Waals surface area contributed by atoms with Gasteiger partial charge in [0.25, 0.3) is 0 Å². The maximum absolute atomic E-state index is 12.1. The van der Waals surface area contributed by atoms with Crippen molar-refractivity contribution in [2.45, 2.75) is 13.5 Å². The van der Waals surface area contributed by atoms with Crippen LogP contribution in [0.25, 0.3) is 11.4 Å². The molecular weight excluding hydrogens is 292 g/mol. The lowest BCUT2D eigenvalue weighted by molar-refractivity contribution is 0.0506. The number of carbonyl (C=O) groups is 1. The number of carbonyl (C=O) groups excluding carboxylic acids is 1. The molecule has 6 heteroatoms. The lowest BCUT2D eigenvalue weighted by Gasteiger charge is -2.10. The SMILES string of the molecule is CCOC(=O)c1nnc(-c2ccncc2)n1Cc1ccccc1. The largest absolute Gasteiger partial charge is 0.460 e. The molecule has 0 fully saturated rings. The molecule has 3 aromatic rings. The third-order valence-corrected chi connectivity index (χ3v) is 3.33. The number of esters is 1. The first-order valence-corrected chi connectivity index (χ1v) is 7.34. The molecule has 116 valence electrons. The van der Waals surface area contributed by atoms with Crippen LogP contribution in [0.3, 0.4) is 0 Å². The van der Waals surface area contributed by atoms with Crippen LogP contribution < -0.4 is 0 Å². The lowest BCUT2D eigenvalue weighted by Crippen LogP contribution is -2.15. The van der Waals surface area contributed by atoms with E-state index in [0.717, 1.165) is 11.1 Å². The van der Waals surface area contributed by atoms with Gasteiger partial charge in [-0.2, -0.15) is 0 Å². The van der Waals surface area contributed by atoms with E-state index in [9.17, 15) is 4.79 Å². The average Bonchev–Trinajstić information content (AvgIpc) is 3.00. The zero-order valence-corrected chi connectivity index (χ0v) is 12.7. The second-order valence-corrected chi connectivity index (χ2v) is 4.88. The van der Waals surface area contributed by atoms with Crippen LogP contribution in [0, 0.1) is 0 Å². The molecular formula is C17H16N4O2. The predicted molar refractivity (Wildman–Crippen MR) is 84.8 cm³/mol. The van der Waals surface area contributed by atoms with Gasteiger partial charge in [0, 0.05) is 18.0 Å². The highest BCUT2D eigenvalue weighted by molar-refractivity contribution is 5.86. The minimum Gasteiger partial charge on any atom is -0.460 e. The Kier molecular flexibility index (Phi) is 4.42. The molecule has 23 heavy (non-hydrogen) atoms. The third-order valence-electron chi connectivity index (χ3n) is 3.33. The summed E-state index contributed by atoms with van der Waals surface area (Å²) < 4.78 is 6.85. The monoisotopic (exact) mass is 308 g/mol. The number of hydrogen-bond donors (Lipinski definition) is 0. The van der Waals surface area contributed by atoms with Crippen molar-refractivity contribution >= 4 is 5.97 Å². The minimum atomic E-state index is -0.476. The van der Waals surface area contributed by atoms with E-state index in [1.807, 2.05) is 42.5 Å². The van der Waals surface area contributed by atoms with Gasteiger partial charge in [-0.05, 0) is 24.6 Å². The van der Waals surface area contributed by atoms with Gasteiger partial charge in [-0.3, -0.25) is 9.55 Å². The first-order valence-electron chi connectivity index (χ1n) is 7.34. The van der Waals surface area contributed by atoms with E-state index in [-0.39, 0.29) is 5.82 Å². The summed E-state index contributed by atoms with van der Waals surface area (Å²) in [7, 11) is 0. The van der Waals surface area contributed by atoms with Gasteiger partial charge < -0.3 is 4.74 Å². The van der Waals surface area contributed by atoms with Crippen LogP contribution in [0.1, 0.15) is 23.1 Å². The van der Waals surface area contributed by atoms with Crippen molar-refractivity contribution in [3.05, 3.63) is 66.2 Å². The Morgan fingerprint density at radius 3 is 2.52 bits per heavy atom. The van der Waals surface area contributed by atoms with Crippen LogP contribution in [-0.4, -0.2) is 32.3 Å². The smallest absolute Gasteiger partial charge is 0.376 e. The Labute approximate surface area is 133 Å². The average molecular weight is 308 g/mol. The molecule has 0 saturated carbocycles. The Balaban J connectivity index is 2.05. The number of hydrogen-bond acceptors (Lipinski definition) is 5. The molecule has 0 saturated heterocycles. The molecule has 0 unspecified atom stereocenters. The van der Waals surface area contributed by atoms with E-state index >= 15 is 0 Å². The highest BCUT2D eigenvalue weighted by Crippen LogP contribution is 2.19. The normalized spacial score (nSPS) is 10.5. The van der Waals surface area contributed by atoms with Gasteiger partial charge in [-0.15, -0.1) is 10.2 Å². The molecule has 1 aromatic carbocycles. The topological polar surface area (TPSA) is 69.9 Å². The van der Waals surface area contributed by atoms with Crippen LogP contribution >= 0.6 is 0 Å². The van der Waals surface area contributed by atoms with Gasteiger partial charge in [-0.1, -0.05) is 30.3 Å². The van der Waals surface area contributed by atoms with Crippen LogP contribution in [0.15, 0.2) is 54.9 Å². The molecule has 0 atom stereocenters. The van der Waals surface area contributed by atoms with Crippen LogP contribution in [0.4, 0.5) is 0 Å². The van der Waals surface area contributed by atoms with Crippen molar-refractivity contribution in [3.8, 4) is 11.4 Å². The van der Waals surface area contributed by atoms with E-state index in [0.29, 0.717) is 19.0 Å². The van der Waals surface area contributed by atoms with Crippen molar-refractivity contribution in [2.24, 2.45) is 0 Å². The van der Waals surface area contributed by atoms with Crippen molar-refractivity contribution in [1.82, 2.24) is 19.7 Å². The summed E-state index contributed by atoms with van der Waals surface area (Å²) in [6.45, 7) is 2.54. The Morgan fingerprint density at radius 1 is 1.09 bits per heavy atom. The standard InChI is InChI=1S/C17H16N4O2/c1-2-23-17(22)16-20-19-15(14-8-10-18-11-9-14)21(16)12-13-6-4-3-5-7-13/h3-11H,2,12H2,1H3.